The van der Waals surface area contributed by atoms with Crippen molar-refractivity contribution in [3.05, 3.63) is 0 Å². The lowest BCUT2D eigenvalue weighted by Crippen LogP contribution is -2.56. The smallest absolute Gasteiger partial charge is 0.0833 e. The number of hydrogen-bond donors (Lipinski definition) is 1. The van der Waals surface area contributed by atoms with Gasteiger partial charge in [0.05, 0.1) is 18.1 Å². The van der Waals surface area contributed by atoms with Crippen LogP contribution in [0.1, 0.15) is 84.5 Å². The lowest BCUT2D eigenvalue weighted by molar-refractivity contribution is -0.149. The highest BCUT2D eigenvalue weighted by atomic mass is 16.3. The predicted octanol–water partition coefficient (Wildman–Crippen LogP) is 5.06. The molecule has 4 rings (SSSR count). The molecular formula is C21H33NO. The first-order valence-electron chi connectivity index (χ1n) is 10.0. The second-order valence-corrected chi connectivity index (χ2v) is 9.76. The molecule has 4 fully saturated rings. The summed E-state index contributed by atoms with van der Waals surface area (Å²) in [6.45, 7) is 4.92. The number of nitriles is 1. The SMILES string of the molecule is C[C@]12CCCC[C@@H]1CC[C@@H]1[C@@H]2CC[C@@]2(C)[C@H]1CC[C@@]2(O)CC#N. The molecule has 4 saturated carbocycles. The summed E-state index contributed by atoms with van der Waals surface area (Å²) in [4.78, 5) is 0. The number of aliphatic hydroxyl groups is 1. The average molecular weight is 316 g/mol. The monoisotopic (exact) mass is 315 g/mol. The Balaban J connectivity index is 1.64. The van der Waals surface area contributed by atoms with E-state index in [-0.39, 0.29) is 5.41 Å². The van der Waals surface area contributed by atoms with E-state index >= 15 is 0 Å². The minimum absolute atomic E-state index is 0.0121. The molecule has 0 saturated heterocycles. The fourth-order valence-electron chi connectivity index (χ4n) is 7.83. The maximum Gasteiger partial charge on any atom is 0.0833 e. The molecule has 0 amide bonds. The molecule has 0 unspecified atom stereocenters. The normalized spacial score (nSPS) is 55.4. The third kappa shape index (κ3) is 2.02. The van der Waals surface area contributed by atoms with E-state index in [1.807, 2.05) is 0 Å². The minimum atomic E-state index is -0.721. The zero-order chi connectivity index (χ0) is 16.3. The van der Waals surface area contributed by atoms with Crippen LogP contribution in [0.4, 0.5) is 0 Å². The summed E-state index contributed by atoms with van der Waals surface area (Å²) in [5, 5.41) is 20.4. The quantitative estimate of drug-likeness (QED) is 0.734. The molecule has 23 heavy (non-hydrogen) atoms. The average Bonchev–Trinajstić information content (AvgIpc) is 2.79. The second-order valence-electron chi connectivity index (χ2n) is 9.76. The lowest BCUT2D eigenvalue weighted by Gasteiger charge is -2.61. The van der Waals surface area contributed by atoms with Crippen molar-refractivity contribution in [2.75, 3.05) is 0 Å². The number of rotatable bonds is 1. The Bertz CT molecular complexity index is 524. The van der Waals surface area contributed by atoms with Gasteiger partial charge in [0.25, 0.3) is 0 Å². The molecule has 0 heterocycles. The molecule has 0 aromatic heterocycles. The molecule has 7 atom stereocenters. The van der Waals surface area contributed by atoms with Crippen LogP contribution in [0.5, 0.6) is 0 Å². The zero-order valence-electron chi connectivity index (χ0n) is 15.0. The molecule has 2 nitrogen and oxygen atoms in total. The Morgan fingerprint density at radius 1 is 0.957 bits per heavy atom. The Kier molecular flexibility index (Phi) is 3.62. The van der Waals surface area contributed by atoms with Crippen molar-refractivity contribution in [1.82, 2.24) is 0 Å². The van der Waals surface area contributed by atoms with Gasteiger partial charge in [-0.25, -0.2) is 0 Å². The van der Waals surface area contributed by atoms with Crippen molar-refractivity contribution in [2.45, 2.75) is 90.1 Å². The van der Waals surface area contributed by atoms with E-state index in [0.717, 1.165) is 37.0 Å². The summed E-state index contributed by atoms with van der Waals surface area (Å²) in [6, 6.07) is 2.28. The molecule has 0 radical (unpaired) electrons. The maximum absolute atomic E-state index is 11.2. The summed E-state index contributed by atoms with van der Waals surface area (Å²) in [5.74, 6) is 3.30. The molecule has 0 aromatic carbocycles. The van der Waals surface area contributed by atoms with Crippen LogP contribution in [-0.2, 0) is 0 Å². The van der Waals surface area contributed by atoms with Crippen molar-refractivity contribution in [3.8, 4) is 6.07 Å². The Morgan fingerprint density at radius 2 is 1.74 bits per heavy atom. The molecule has 4 aliphatic rings. The van der Waals surface area contributed by atoms with Crippen molar-refractivity contribution >= 4 is 0 Å². The van der Waals surface area contributed by atoms with Gasteiger partial charge < -0.3 is 5.11 Å². The summed E-state index contributed by atoms with van der Waals surface area (Å²) < 4.78 is 0. The van der Waals surface area contributed by atoms with E-state index < -0.39 is 5.60 Å². The van der Waals surface area contributed by atoms with Crippen molar-refractivity contribution in [3.63, 3.8) is 0 Å². The van der Waals surface area contributed by atoms with Crippen LogP contribution in [0.15, 0.2) is 0 Å². The van der Waals surface area contributed by atoms with Crippen LogP contribution < -0.4 is 0 Å². The molecule has 2 heteroatoms. The second kappa shape index (κ2) is 5.22. The van der Waals surface area contributed by atoms with E-state index in [1.54, 1.807) is 0 Å². The lowest BCUT2D eigenvalue weighted by atomic mass is 9.44. The summed E-state index contributed by atoms with van der Waals surface area (Å²) >= 11 is 0. The predicted molar refractivity (Wildman–Crippen MR) is 91.5 cm³/mol. The highest BCUT2D eigenvalue weighted by Gasteiger charge is 2.64. The van der Waals surface area contributed by atoms with Crippen LogP contribution in [-0.4, -0.2) is 10.7 Å². The zero-order valence-corrected chi connectivity index (χ0v) is 15.0. The van der Waals surface area contributed by atoms with Gasteiger partial charge in [-0.1, -0.05) is 26.7 Å². The van der Waals surface area contributed by atoms with Crippen LogP contribution >= 0.6 is 0 Å². The first-order valence-corrected chi connectivity index (χ1v) is 10.0. The van der Waals surface area contributed by atoms with Crippen molar-refractivity contribution < 1.29 is 5.11 Å². The van der Waals surface area contributed by atoms with Crippen LogP contribution in [0.25, 0.3) is 0 Å². The molecule has 0 bridgehead atoms. The third-order valence-electron chi connectivity index (χ3n) is 9.28. The van der Waals surface area contributed by atoms with Gasteiger partial charge in [0.2, 0.25) is 0 Å². The summed E-state index contributed by atoms with van der Waals surface area (Å²) in [7, 11) is 0. The van der Waals surface area contributed by atoms with Crippen LogP contribution in [0.2, 0.25) is 0 Å². The fraction of sp³-hybridized carbons (Fsp3) is 0.952. The van der Waals surface area contributed by atoms with E-state index in [2.05, 4.69) is 19.9 Å². The molecule has 0 aliphatic heterocycles. The van der Waals surface area contributed by atoms with E-state index in [4.69, 9.17) is 0 Å². The molecular weight excluding hydrogens is 282 g/mol. The number of nitrogens with zero attached hydrogens (tertiary/aromatic N) is 1. The van der Waals surface area contributed by atoms with Gasteiger partial charge in [-0.2, -0.15) is 5.26 Å². The Labute approximate surface area is 141 Å². The van der Waals surface area contributed by atoms with Crippen LogP contribution in [0.3, 0.4) is 0 Å². The number of fused-ring (bicyclic) bond motifs is 5. The molecule has 128 valence electrons. The molecule has 0 spiro atoms. The highest BCUT2D eigenvalue weighted by Crippen LogP contribution is 2.68. The third-order valence-corrected chi connectivity index (χ3v) is 9.28. The molecule has 1 N–H and O–H groups in total. The first-order chi connectivity index (χ1) is 10.9. The summed E-state index contributed by atoms with van der Waals surface area (Å²) in [6.07, 6.45) is 13.3. The maximum atomic E-state index is 11.2. The topological polar surface area (TPSA) is 44.0 Å². The Hall–Kier alpha value is -0.550. The first kappa shape index (κ1) is 15.9. The Morgan fingerprint density at radius 3 is 2.52 bits per heavy atom. The summed E-state index contributed by atoms with van der Waals surface area (Å²) in [5.41, 5.74) is -0.165. The molecule has 0 aromatic rings. The van der Waals surface area contributed by atoms with Gasteiger partial charge in [-0.05, 0) is 80.5 Å². The molecule has 4 aliphatic carbocycles. The van der Waals surface area contributed by atoms with Crippen molar-refractivity contribution in [1.29, 1.82) is 5.26 Å². The fourth-order valence-corrected chi connectivity index (χ4v) is 7.83. The van der Waals surface area contributed by atoms with Crippen LogP contribution in [0, 0.1) is 45.8 Å². The van der Waals surface area contributed by atoms with Gasteiger partial charge >= 0.3 is 0 Å². The largest absolute Gasteiger partial charge is 0.388 e. The van der Waals surface area contributed by atoms with E-state index in [0.29, 0.717) is 17.8 Å². The minimum Gasteiger partial charge on any atom is -0.388 e. The van der Waals surface area contributed by atoms with Gasteiger partial charge in [-0.3, -0.25) is 0 Å². The van der Waals surface area contributed by atoms with Gasteiger partial charge in [0, 0.05) is 5.41 Å². The van der Waals surface area contributed by atoms with E-state index in [1.165, 1.54) is 44.9 Å². The van der Waals surface area contributed by atoms with Gasteiger partial charge in [-0.15, -0.1) is 0 Å². The standard InChI is InChI=1S/C21H33NO/c1-19-10-4-3-5-15(19)6-7-16-17(19)8-11-20(2)18(16)9-12-21(20,23)13-14-22/h15-18,23H,3-13H2,1-2H3/t15-,16-,17+,18+,19+,20+,21-/m1/s1. The van der Waals surface area contributed by atoms with Gasteiger partial charge in [0.15, 0.2) is 0 Å². The van der Waals surface area contributed by atoms with Gasteiger partial charge in [0.1, 0.15) is 0 Å². The van der Waals surface area contributed by atoms with E-state index in [9.17, 15) is 10.4 Å². The highest BCUT2D eigenvalue weighted by molar-refractivity contribution is 5.15. The number of hydrogen-bond acceptors (Lipinski definition) is 2. The van der Waals surface area contributed by atoms with Crippen molar-refractivity contribution in [2.24, 2.45) is 34.5 Å².